The van der Waals surface area contributed by atoms with Gasteiger partial charge in [0.05, 0.1) is 0 Å². The lowest BCUT2D eigenvalue weighted by molar-refractivity contribution is 0.0952. The van der Waals surface area contributed by atoms with Gasteiger partial charge in [0, 0.05) is 17.1 Å². The third-order valence-corrected chi connectivity index (χ3v) is 3.58. The number of halogens is 2. The molecule has 0 saturated carbocycles. The van der Waals surface area contributed by atoms with Gasteiger partial charge in [0.15, 0.2) is 0 Å². The lowest BCUT2D eigenvalue weighted by Crippen LogP contribution is -2.24. The summed E-state index contributed by atoms with van der Waals surface area (Å²) in [4.78, 5) is 12.1. The molecule has 0 aliphatic heterocycles. The van der Waals surface area contributed by atoms with Crippen LogP contribution >= 0.6 is 24.0 Å². The van der Waals surface area contributed by atoms with Crippen LogP contribution < -0.4 is 15.8 Å². The second-order valence-electron chi connectivity index (χ2n) is 5.19. The highest BCUT2D eigenvalue weighted by Gasteiger charge is 2.06. The van der Waals surface area contributed by atoms with Crippen LogP contribution in [0.25, 0.3) is 0 Å². The summed E-state index contributed by atoms with van der Waals surface area (Å²) in [5.74, 6) is 0.563. The maximum atomic E-state index is 12.1. The molecule has 3 N–H and O–H groups in total. The molecule has 0 saturated heterocycles. The molecule has 0 aliphatic rings. The number of carbonyl (C=O) groups is 1. The van der Waals surface area contributed by atoms with Crippen molar-refractivity contribution in [1.29, 1.82) is 0 Å². The van der Waals surface area contributed by atoms with Crippen molar-refractivity contribution < 1.29 is 9.53 Å². The molecule has 1 amide bonds. The fraction of sp³-hybridized carbons (Fsp3) is 0.278. The molecule has 2 rings (SSSR count). The first kappa shape index (κ1) is 20.3. The average Bonchev–Trinajstić information content (AvgIpc) is 2.58. The zero-order valence-corrected chi connectivity index (χ0v) is 14.9. The van der Waals surface area contributed by atoms with Crippen LogP contribution in [-0.2, 0) is 6.61 Å². The van der Waals surface area contributed by atoms with E-state index in [-0.39, 0.29) is 18.3 Å². The number of unbranched alkanes of at least 4 members (excludes halogenated alkanes) is 1. The number of rotatable bonds is 8. The smallest absolute Gasteiger partial charge is 0.251 e. The van der Waals surface area contributed by atoms with E-state index in [9.17, 15) is 4.79 Å². The molecule has 130 valence electrons. The van der Waals surface area contributed by atoms with Gasteiger partial charge in [0.1, 0.15) is 12.4 Å². The summed E-state index contributed by atoms with van der Waals surface area (Å²) in [6.45, 7) is 1.70. The van der Waals surface area contributed by atoms with E-state index >= 15 is 0 Å². The zero-order chi connectivity index (χ0) is 16.5. The summed E-state index contributed by atoms with van der Waals surface area (Å²) in [6, 6.07) is 14.6. The SMILES string of the molecule is Cl.NCCCCNC(=O)c1cccc(OCc2ccc(Cl)cc2)c1. The molecular formula is C18H22Cl2N2O2. The van der Waals surface area contributed by atoms with E-state index in [4.69, 9.17) is 22.1 Å². The standard InChI is InChI=1S/C18H21ClN2O2.ClH/c19-16-8-6-14(7-9-16)13-23-17-5-3-4-15(12-17)18(22)21-11-2-1-10-20;/h3-9,12H,1-2,10-11,13,20H2,(H,21,22);1H. The third kappa shape index (κ3) is 6.79. The van der Waals surface area contributed by atoms with Gasteiger partial charge in [-0.1, -0.05) is 29.8 Å². The average molecular weight is 369 g/mol. The van der Waals surface area contributed by atoms with Gasteiger partial charge in [0.25, 0.3) is 5.91 Å². The molecular weight excluding hydrogens is 347 g/mol. The molecule has 2 aromatic carbocycles. The van der Waals surface area contributed by atoms with Crippen LogP contribution in [0.15, 0.2) is 48.5 Å². The quantitative estimate of drug-likeness (QED) is 0.696. The van der Waals surface area contributed by atoms with E-state index in [1.54, 1.807) is 12.1 Å². The number of carbonyl (C=O) groups excluding carboxylic acids is 1. The number of benzene rings is 2. The Morgan fingerprint density at radius 3 is 2.58 bits per heavy atom. The van der Waals surface area contributed by atoms with E-state index in [1.165, 1.54) is 0 Å². The first-order chi connectivity index (χ1) is 11.2. The third-order valence-electron chi connectivity index (χ3n) is 3.33. The molecule has 4 nitrogen and oxygen atoms in total. The van der Waals surface area contributed by atoms with Gasteiger partial charge in [-0.3, -0.25) is 4.79 Å². The van der Waals surface area contributed by atoms with E-state index in [0.29, 0.717) is 36.0 Å². The van der Waals surface area contributed by atoms with Crippen molar-refractivity contribution in [1.82, 2.24) is 5.32 Å². The zero-order valence-electron chi connectivity index (χ0n) is 13.3. The summed E-state index contributed by atoms with van der Waals surface area (Å²) in [7, 11) is 0. The second-order valence-corrected chi connectivity index (χ2v) is 5.63. The molecule has 0 aromatic heterocycles. The van der Waals surface area contributed by atoms with Gasteiger partial charge in [-0.05, 0) is 55.3 Å². The number of nitrogens with two attached hydrogens (primary N) is 1. The fourth-order valence-electron chi connectivity index (χ4n) is 2.05. The van der Waals surface area contributed by atoms with Crippen molar-refractivity contribution in [2.24, 2.45) is 5.73 Å². The maximum absolute atomic E-state index is 12.1. The topological polar surface area (TPSA) is 64.3 Å². The van der Waals surface area contributed by atoms with Crippen molar-refractivity contribution in [2.75, 3.05) is 13.1 Å². The van der Waals surface area contributed by atoms with E-state index in [2.05, 4.69) is 5.32 Å². The first-order valence-electron chi connectivity index (χ1n) is 7.64. The van der Waals surface area contributed by atoms with E-state index in [1.807, 2.05) is 36.4 Å². The van der Waals surface area contributed by atoms with Gasteiger partial charge in [-0.15, -0.1) is 12.4 Å². The van der Waals surface area contributed by atoms with Crippen molar-refractivity contribution in [3.63, 3.8) is 0 Å². The number of nitrogens with one attached hydrogen (secondary N) is 1. The predicted octanol–water partition coefficient (Wildman–Crippen LogP) is 3.81. The Morgan fingerprint density at radius 2 is 1.88 bits per heavy atom. The highest BCUT2D eigenvalue weighted by Crippen LogP contribution is 2.16. The minimum atomic E-state index is -0.0982. The summed E-state index contributed by atoms with van der Waals surface area (Å²) in [6.07, 6.45) is 1.79. The van der Waals surface area contributed by atoms with Crippen molar-refractivity contribution in [2.45, 2.75) is 19.4 Å². The Morgan fingerprint density at radius 1 is 1.12 bits per heavy atom. The Hall–Kier alpha value is -1.75. The van der Waals surface area contributed by atoms with Crippen LogP contribution in [0.3, 0.4) is 0 Å². The number of amides is 1. The molecule has 0 fully saturated rings. The molecule has 0 aliphatic carbocycles. The van der Waals surface area contributed by atoms with Crippen LogP contribution in [0.4, 0.5) is 0 Å². The summed E-state index contributed by atoms with van der Waals surface area (Å²) < 4.78 is 5.73. The van der Waals surface area contributed by atoms with Crippen molar-refractivity contribution in [3.8, 4) is 5.75 Å². The molecule has 0 heterocycles. The molecule has 24 heavy (non-hydrogen) atoms. The molecule has 0 radical (unpaired) electrons. The molecule has 6 heteroatoms. The molecule has 0 unspecified atom stereocenters. The lowest BCUT2D eigenvalue weighted by atomic mass is 10.2. The maximum Gasteiger partial charge on any atom is 0.251 e. The van der Waals surface area contributed by atoms with E-state index in [0.717, 1.165) is 18.4 Å². The first-order valence-corrected chi connectivity index (χ1v) is 8.02. The fourth-order valence-corrected chi connectivity index (χ4v) is 2.17. The largest absolute Gasteiger partial charge is 0.489 e. The molecule has 0 bridgehead atoms. The van der Waals surface area contributed by atoms with Crippen LogP contribution in [-0.4, -0.2) is 19.0 Å². The number of hydrogen-bond donors (Lipinski definition) is 2. The van der Waals surface area contributed by atoms with Gasteiger partial charge in [0.2, 0.25) is 0 Å². The highest BCUT2D eigenvalue weighted by molar-refractivity contribution is 6.30. The Bertz CT molecular complexity index is 633. The lowest BCUT2D eigenvalue weighted by Gasteiger charge is -2.09. The van der Waals surface area contributed by atoms with Gasteiger partial charge < -0.3 is 15.8 Å². The minimum absolute atomic E-state index is 0. The van der Waals surface area contributed by atoms with Crippen LogP contribution in [0.1, 0.15) is 28.8 Å². The molecule has 2 aromatic rings. The van der Waals surface area contributed by atoms with Gasteiger partial charge in [-0.2, -0.15) is 0 Å². The molecule has 0 atom stereocenters. The summed E-state index contributed by atoms with van der Waals surface area (Å²) in [5.41, 5.74) is 7.04. The molecule has 0 spiro atoms. The summed E-state index contributed by atoms with van der Waals surface area (Å²) in [5, 5.41) is 3.57. The second kappa shape index (κ2) is 10.9. The van der Waals surface area contributed by atoms with Crippen LogP contribution in [0.5, 0.6) is 5.75 Å². The van der Waals surface area contributed by atoms with Gasteiger partial charge >= 0.3 is 0 Å². The monoisotopic (exact) mass is 368 g/mol. The Balaban J connectivity index is 0.00000288. The van der Waals surface area contributed by atoms with Crippen molar-refractivity contribution in [3.05, 3.63) is 64.7 Å². The number of hydrogen-bond acceptors (Lipinski definition) is 3. The Labute approximate surface area is 153 Å². The predicted molar refractivity (Wildman–Crippen MR) is 100 cm³/mol. The van der Waals surface area contributed by atoms with Gasteiger partial charge in [-0.25, -0.2) is 0 Å². The minimum Gasteiger partial charge on any atom is -0.489 e. The Kier molecular flexibility index (Phi) is 9.23. The van der Waals surface area contributed by atoms with Crippen LogP contribution in [0, 0.1) is 0 Å². The number of ether oxygens (including phenoxy) is 1. The van der Waals surface area contributed by atoms with E-state index < -0.39 is 0 Å². The normalized spacial score (nSPS) is 9.92. The highest BCUT2D eigenvalue weighted by atomic mass is 35.5. The summed E-state index contributed by atoms with van der Waals surface area (Å²) >= 11 is 5.85. The van der Waals surface area contributed by atoms with Crippen molar-refractivity contribution >= 4 is 29.9 Å². The van der Waals surface area contributed by atoms with Crippen LogP contribution in [0.2, 0.25) is 5.02 Å².